The zero-order valence-electron chi connectivity index (χ0n) is 12.3. The van der Waals surface area contributed by atoms with Crippen molar-refractivity contribution in [3.63, 3.8) is 0 Å². The van der Waals surface area contributed by atoms with Gasteiger partial charge in [0.25, 0.3) is 0 Å². The Hall–Kier alpha value is -1.58. The summed E-state index contributed by atoms with van der Waals surface area (Å²) in [4.78, 5) is 28.9. The van der Waals surface area contributed by atoms with Crippen molar-refractivity contribution in [3.8, 4) is 0 Å². The van der Waals surface area contributed by atoms with Crippen LogP contribution in [0.15, 0.2) is 33.5 Å². The summed E-state index contributed by atoms with van der Waals surface area (Å²) in [6, 6.07) is 2.87. The molecule has 2 aromatic rings. The molecule has 2 aromatic heterocycles. The SMILES string of the molecule is COC(=O)c1cnc(Cl)c(Br)c1.COC(=O)c1cnc(F)c(Br)c1. The molecular weight excluding hydrogens is 474 g/mol. The van der Waals surface area contributed by atoms with E-state index in [0.717, 1.165) is 6.20 Å². The minimum atomic E-state index is -0.650. The van der Waals surface area contributed by atoms with E-state index in [4.69, 9.17) is 11.6 Å². The molecule has 0 fully saturated rings. The fourth-order valence-corrected chi connectivity index (χ4v) is 2.10. The number of carbonyl (C=O) groups is 2. The van der Waals surface area contributed by atoms with E-state index in [0.29, 0.717) is 15.2 Å². The molecule has 0 bridgehead atoms. The van der Waals surface area contributed by atoms with Gasteiger partial charge in [0.15, 0.2) is 0 Å². The van der Waals surface area contributed by atoms with Gasteiger partial charge in [0.1, 0.15) is 5.15 Å². The molecule has 0 saturated heterocycles. The highest BCUT2D eigenvalue weighted by molar-refractivity contribution is 9.10. The first-order valence-corrected chi connectivity index (χ1v) is 8.05. The highest BCUT2D eigenvalue weighted by atomic mass is 79.9. The van der Waals surface area contributed by atoms with Crippen LogP contribution in [-0.2, 0) is 9.47 Å². The van der Waals surface area contributed by atoms with Gasteiger partial charge in [-0.25, -0.2) is 19.6 Å². The molecule has 0 spiro atoms. The molecule has 2 rings (SSSR count). The molecule has 24 heavy (non-hydrogen) atoms. The lowest BCUT2D eigenvalue weighted by Gasteiger charge is -1.99. The molecule has 0 N–H and O–H groups in total. The smallest absolute Gasteiger partial charge is 0.339 e. The number of methoxy groups -OCH3 is 2. The molecular formula is C14H10Br2ClFN2O4. The average molecular weight is 485 g/mol. The van der Waals surface area contributed by atoms with E-state index in [2.05, 4.69) is 51.3 Å². The molecule has 0 saturated carbocycles. The van der Waals surface area contributed by atoms with Gasteiger partial charge in [-0.15, -0.1) is 0 Å². The summed E-state index contributed by atoms with van der Waals surface area (Å²) >= 11 is 11.7. The summed E-state index contributed by atoms with van der Waals surface area (Å²) in [5, 5.41) is 0.322. The third-order valence-electron chi connectivity index (χ3n) is 2.43. The van der Waals surface area contributed by atoms with Crippen LogP contribution in [0.25, 0.3) is 0 Å². The first-order valence-electron chi connectivity index (χ1n) is 6.08. The molecule has 10 heteroatoms. The lowest BCUT2D eigenvalue weighted by atomic mass is 10.3. The zero-order valence-corrected chi connectivity index (χ0v) is 16.3. The maximum Gasteiger partial charge on any atom is 0.339 e. The topological polar surface area (TPSA) is 78.4 Å². The van der Waals surface area contributed by atoms with E-state index in [1.165, 1.54) is 26.5 Å². The van der Waals surface area contributed by atoms with Crippen LogP contribution >= 0.6 is 43.5 Å². The first-order chi connectivity index (χ1) is 11.3. The number of hydrogen-bond acceptors (Lipinski definition) is 6. The van der Waals surface area contributed by atoms with Gasteiger partial charge < -0.3 is 9.47 Å². The normalized spacial score (nSPS) is 9.58. The number of nitrogens with zero attached hydrogens (tertiary/aromatic N) is 2. The first kappa shape index (κ1) is 20.5. The molecule has 0 aliphatic carbocycles. The van der Waals surface area contributed by atoms with Gasteiger partial charge in [-0.3, -0.25) is 0 Å². The van der Waals surface area contributed by atoms with Crippen molar-refractivity contribution in [3.05, 3.63) is 55.7 Å². The monoisotopic (exact) mass is 482 g/mol. The molecule has 0 atom stereocenters. The molecule has 0 aliphatic heterocycles. The maximum atomic E-state index is 12.6. The van der Waals surface area contributed by atoms with E-state index in [1.54, 1.807) is 6.07 Å². The Morgan fingerprint density at radius 3 is 1.88 bits per heavy atom. The minimum absolute atomic E-state index is 0.144. The van der Waals surface area contributed by atoms with E-state index in [1.807, 2.05) is 0 Å². The number of rotatable bonds is 2. The highest BCUT2D eigenvalue weighted by Crippen LogP contribution is 2.20. The summed E-state index contributed by atoms with van der Waals surface area (Å²) in [7, 11) is 2.56. The second kappa shape index (κ2) is 9.65. The Morgan fingerprint density at radius 2 is 1.46 bits per heavy atom. The maximum absolute atomic E-state index is 12.6. The summed E-state index contributed by atoms with van der Waals surface area (Å²) in [5.74, 6) is -1.62. The van der Waals surface area contributed by atoms with Crippen molar-refractivity contribution in [2.75, 3.05) is 14.2 Å². The van der Waals surface area contributed by atoms with Crippen LogP contribution in [0, 0.1) is 5.95 Å². The number of pyridine rings is 2. The third kappa shape index (κ3) is 5.81. The Labute approximate surface area is 158 Å². The van der Waals surface area contributed by atoms with E-state index in [9.17, 15) is 14.0 Å². The second-order valence-corrected chi connectivity index (χ2v) is 6.04. The fraction of sp³-hybridized carbons (Fsp3) is 0.143. The van der Waals surface area contributed by atoms with Gasteiger partial charge in [0, 0.05) is 12.4 Å². The summed E-state index contributed by atoms with van der Waals surface area (Å²) < 4.78 is 22.2. The quantitative estimate of drug-likeness (QED) is 0.473. The largest absolute Gasteiger partial charge is 0.465 e. The van der Waals surface area contributed by atoms with Crippen molar-refractivity contribution in [2.45, 2.75) is 0 Å². The summed E-state index contributed by atoms with van der Waals surface area (Å²) in [5.41, 5.74) is 0.583. The lowest BCUT2D eigenvalue weighted by molar-refractivity contribution is 0.0591. The Balaban J connectivity index is 0.000000240. The second-order valence-electron chi connectivity index (χ2n) is 3.98. The van der Waals surface area contributed by atoms with Gasteiger partial charge in [-0.1, -0.05) is 11.6 Å². The number of aromatic nitrogens is 2. The Kier molecular flexibility index (Phi) is 8.23. The van der Waals surface area contributed by atoms with Crippen molar-refractivity contribution in [1.82, 2.24) is 9.97 Å². The molecule has 0 aliphatic rings. The van der Waals surface area contributed by atoms with Gasteiger partial charge in [-0.05, 0) is 44.0 Å². The number of carbonyl (C=O) groups excluding carboxylic acids is 2. The molecule has 0 radical (unpaired) electrons. The average Bonchev–Trinajstić information content (AvgIpc) is 2.58. The highest BCUT2D eigenvalue weighted by Gasteiger charge is 2.09. The van der Waals surface area contributed by atoms with Crippen molar-refractivity contribution in [2.24, 2.45) is 0 Å². The third-order valence-corrected chi connectivity index (χ3v) is 4.12. The van der Waals surface area contributed by atoms with Crippen LogP contribution in [0.2, 0.25) is 5.15 Å². The molecule has 6 nitrogen and oxygen atoms in total. The van der Waals surface area contributed by atoms with E-state index in [-0.39, 0.29) is 10.0 Å². The van der Waals surface area contributed by atoms with Gasteiger partial charge >= 0.3 is 11.9 Å². The Bertz CT molecular complexity index is 698. The summed E-state index contributed by atoms with van der Waals surface area (Å²) in [6.07, 6.45) is 2.48. The zero-order chi connectivity index (χ0) is 18.3. The van der Waals surface area contributed by atoms with Gasteiger partial charge in [-0.2, -0.15) is 4.39 Å². The molecule has 0 aromatic carbocycles. The van der Waals surface area contributed by atoms with Crippen LogP contribution in [0.5, 0.6) is 0 Å². The van der Waals surface area contributed by atoms with E-state index < -0.39 is 17.9 Å². The van der Waals surface area contributed by atoms with Crippen molar-refractivity contribution < 1.29 is 23.5 Å². The van der Waals surface area contributed by atoms with Crippen LogP contribution in [0.1, 0.15) is 20.7 Å². The van der Waals surface area contributed by atoms with E-state index >= 15 is 0 Å². The minimum Gasteiger partial charge on any atom is -0.465 e. The predicted molar refractivity (Wildman–Crippen MR) is 91.5 cm³/mol. The number of esters is 2. The van der Waals surface area contributed by atoms with Crippen LogP contribution in [-0.4, -0.2) is 36.1 Å². The molecule has 0 unspecified atom stereocenters. The van der Waals surface area contributed by atoms with Gasteiger partial charge in [0.2, 0.25) is 5.95 Å². The fourth-order valence-electron chi connectivity index (χ4n) is 1.30. The van der Waals surface area contributed by atoms with Crippen LogP contribution < -0.4 is 0 Å². The van der Waals surface area contributed by atoms with Crippen molar-refractivity contribution >= 4 is 55.4 Å². The number of halogens is 4. The summed E-state index contributed by atoms with van der Waals surface area (Å²) in [6.45, 7) is 0. The number of ether oxygens (including phenoxy) is 2. The molecule has 128 valence electrons. The van der Waals surface area contributed by atoms with Crippen LogP contribution in [0.3, 0.4) is 0 Å². The lowest BCUT2D eigenvalue weighted by Crippen LogP contribution is -2.02. The molecule has 0 amide bonds. The molecule has 2 heterocycles. The number of hydrogen-bond donors (Lipinski definition) is 0. The Morgan fingerprint density at radius 1 is 1.00 bits per heavy atom. The van der Waals surface area contributed by atoms with Crippen molar-refractivity contribution in [1.29, 1.82) is 0 Å². The standard InChI is InChI=1S/C7H5BrClNO2.C7H5BrFNO2/c2*1-12-7(11)4-2-5(8)6(9)10-3-4/h2*2-3H,1H3. The van der Waals surface area contributed by atoms with Gasteiger partial charge in [0.05, 0.1) is 34.3 Å². The van der Waals surface area contributed by atoms with Crippen LogP contribution in [0.4, 0.5) is 4.39 Å². The predicted octanol–water partition coefficient (Wildman–Crippen LogP) is 4.05.